The van der Waals surface area contributed by atoms with Crippen LogP contribution in [0.25, 0.3) is 22.7 Å². The first kappa shape index (κ1) is 18.5. The molecule has 1 heterocycles. The number of nitriles is 1. The summed E-state index contributed by atoms with van der Waals surface area (Å²) >= 11 is 0. The van der Waals surface area contributed by atoms with Crippen molar-refractivity contribution >= 4 is 22.7 Å². The van der Waals surface area contributed by atoms with Gasteiger partial charge >= 0.3 is 0 Å². The minimum Gasteiger partial charge on any atom is -0.489 e. The number of imidazole rings is 1. The number of allylic oxidation sites excluding steroid dienone is 1. The molecule has 0 atom stereocenters. The number of ether oxygens (including phenoxy) is 1. The van der Waals surface area contributed by atoms with Crippen LogP contribution >= 0.6 is 0 Å². The van der Waals surface area contributed by atoms with Gasteiger partial charge in [-0.05, 0) is 42.0 Å². The molecule has 0 amide bonds. The van der Waals surface area contributed by atoms with E-state index in [2.05, 4.69) is 11.1 Å². The largest absolute Gasteiger partial charge is 0.489 e. The minimum atomic E-state index is -0.294. The van der Waals surface area contributed by atoms with E-state index >= 15 is 0 Å². The molecule has 0 radical (unpaired) electrons. The van der Waals surface area contributed by atoms with Crippen molar-refractivity contribution in [2.24, 2.45) is 7.05 Å². The van der Waals surface area contributed by atoms with Gasteiger partial charge in [0.2, 0.25) is 0 Å². The number of halogens is 1. The van der Waals surface area contributed by atoms with Crippen molar-refractivity contribution in [1.29, 1.82) is 5.26 Å². The van der Waals surface area contributed by atoms with E-state index in [1.807, 2.05) is 54.1 Å². The van der Waals surface area contributed by atoms with E-state index < -0.39 is 0 Å². The van der Waals surface area contributed by atoms with Crippen LogP contribution in [0.5, 0.6) is 5.75 Å². The van der Waals surface area contributed by atoms with Crippen molar-refractivity contribution in [1.82, 2.24) is 9.55 Å². The normalized spacial score (nSPS) is 11.4. The molecule has 0 saturated heterocycles. The molecule has 4 rings (SSSR count). The Balaban J connectivity index is 1.61. The van der Waals surface area contributed by atoms with Gasteiger partial charge in [0.15, 0.2) is 5.82 Å². The Hall–Kier alpha value is -3.91. The van der Waals surface area contributed by atoms with Gasteiger partial charge in [0, 0.05) is 12.6 Å². The predicted octanol–water partition coefficient (Wildman–Crippen LogP) is 5.36. The first-order valence-electron chi connectivity index (χ1n) is 9.15. The minimum absolute atomic E-state index is 0.135. The van der Waals surface area contributed by atoms with Crippen LogP contribution in [0.1, 0.15) is 17.0 Å². The van der Waals surface area contributed by atoms with Gasteiger partial charge in [-0.3, -0.25) is 0 Å². The fourth-order valence-electron chi connectivity index (χ4n) is 3.17. The summed E-state index contributed by atoms with van der Waals surface area (Å²) in [6.07, 6.45) is 1.77. The first-order chi connectivity index (χ1) is 14.2. The van der Waals surface area contributed by atoms with Crippen LogP contribution in [0.2, 0.25) is 0 Å². The van der Waals surface area contributed by atoms with Crippen LogP contribution in [-0.4, -0.2) is 9.55 Å². The van der Waals surface area contributed by atoms with Gasteiger partial charge in [-0.2, -0.15) is 5.26 Å². The maximum absolute atomic E-state index is 13.8. The molecule has 0 N–H and O–H groups in total. The quantitative estimate of drug-likeness (QED) is 0.436. The third-order valence-corrected chi connectivity index (χ3v) is 4.67. The van der Waals surface area contributed by atoms with Crippen molar-refractivity contribution in [3.8, 4) is 11.8 Å². The topological polar surface area (TPSA) is 50.8 Å². The number of aromatic nitrogens is 2. The van der Waals surface area contributed by atoms with Crippen molar-refractivity contribution < 1.29 is 9.13 Å². The van der Waals surface area contributed by atoms with Gasteiger partial charge in [0.1, 0.15) is 24.2 Å². The highest BCUT2D eigenvalue weighted by molar-refractivity contribution is 5.90. The SMILES string of the molecule is Cn1c(/C(C#N)=C/c2cccc(OCc3ccccc3F)c2)nc2ccccc21. The van der Waals surface area contributed by atoms with E-state index in [-0.39, 0.29) is 12.4 Å². The molecule has 0 aliphatic rings. The third-order valence-electron chi connectivity index (χ3n) is 4.67. The molecule has 0 spiro atoms. The molecule has 0 fully saturated rings. The molecule has 5 heteroatoms. The molecule has 0 aliphatic heterocycles. The van der Waals surface area contributed by atoms with Crippen LogP contribution < -0.4 is 4.74 Å². The average Bonchev–Trinajstić information content (AvgIpc) is 3.08. The number of nitrogens with zero attached hydrogens (tertiary/aromatic N) is 3. The van der Waals surface area contributed by atoms with E-state index in [0.717, 1.165) is 16.6 Å². The zero-order valence-corrected chi connectivity index (χ0v) is 15.8. The summed E-state index contributed by atoms with van der Waals surface area (Å²) in [5.74, 6) is 0.910. The van der Waals surface area contributed by atoms with E-state index in [1.54, 1.807) is 30.3 Å². The Morgan fingerprint density at radius 3 is 2.69 bits per heavy atom. The Labute approximate surface area is 168 Å². The van der Waals surface area contributed by atoms with Crippen molar-refractivity contribution in [2.45, 2.75) is 6.61 Å². The lowest BCUT2D eigenvalue weighted by atomic mass is 10.1. The Morgan fingerprint density at radius 1 is 1.10 bits per heavy atom. The molecule has 1 aromatic heterocycles. The van der Waals surface area contributed by atoms with Crippen molar-refractivity contribution in [3.05, 3.63) is 95.6 Å². The summed E-state index contributed by atoms with van der Waals surface area (Å²) in [5, 5.41) is 9.70. The molecule has 0 unspecified atom stereocenters. The molecular weight excluding hydrogens is 365 g/mol. The smallest absolute Gasteiger partial charge is 0.151 e. The van der Waals surface area contributed by atoms with Gasteiger partial charge in [-0.25, -0.2) is 9.37 Å². The lowest BCUT2D eigenvalue weighted by molar-refractivity contribution is 0.300. The first-order valence-corrected chi connectivity index (χ1v) is 9.15. The molecular formula is C24H18FN3O. The van der Waals surface area contributed by atoms with Gasteiger partial charge < -0.3 is 9.30 Å². The molecule has 4 nitrogen and oxygen atoms in total. The maximum Gasteiger partial charge on any atom is 0.151 e. The van der Waals surface area contributed by atoms with E-state index in [0.29, 0.717) is 22.7 Å². The summed E-state index contributed by atoms with van der Waals surface area (Å²) < 4.78 is 21.4. The third kappa shape index (κ3) is 3.87. The average molecular weight is 383 g/mol. The second kappa shape index (κ2) is 7.99. The van der Waals surface area contributed by atoms with Crippen molar-refractivity contribution in [2.75, 3.05) is 0 Å². The summed E-state index contributed by atoms with van der Waals surface area (Å²) in [6.45, 7) is 0.135. The van der Waals surface area contributed by atoms with Crippen LogP contribution in [0.4, 0.5) is 4.39 Å². The van der Waals surface area contributed by atoms with Crippen LogP contribution in [0, 0.1) is 17.1 Å². The molecule has 3 aromatic carbocycles. The summed E-state index contributed by atoms with van der Waals surface area (Å²) in [5.41, 5.74) is 3.55. The number of rotatable bonds is 5. The second-order valence-electron chi connectivity index (χ2n) is 6.61. The molecule has 4 aromatic rings. The van der Waals surface area contributed by atoms with Gasteiger partial charge in [-0.15, -0.1) is 0 Å². The molecule has 0 saturated carbocycles. The molecule has 142 valence electrons. The number of fused-ring (bicyclic) bond motifs is 1. The zero-order valence-electron chi connectivity index (χ0n) is 15.8. The summed E-state index contributed by atoms with van der Waals surface area (Å²) in [6, 6.07) is 23.9. The van der Waals surface area contributed by atoms with Crippen LogP contribution in [0.15, 0.2) is 72.8 Å². The van der Waals surface area contributed by atoms with Gasteiger partial charge in [0.25, 0.3) is 0 Å². The lowest BCUT2D eigenvalue weighted by Gasteiger charge is -2.08. The van der Waals surface area contributed by atoms with Crippen molar-refractivity contribution in [3.63, 3.8) is 0 Å². The summed E-state index contributed by atoms with van der Waals surface area (Å²) in [4.78, 5) is 4.59. The summed E-state index contributed by atoms with van der Waals surface area (Å²) in [7, 11) is 1.89. The van der Waals surface area contributed by atoms with Crippen LogP contribution in [-0.2, 0) is 13.7 Å². The lowest BCUT2D eigenvalue weighted by Crippen LogP contribution is -1.98. The number of hydrogen-bond acceptors (Lipinski definition) is 3. The van der Waals surface area contributed by atoms with E-state index in [9.17, 15) is 9.65 Å². The van der Waals surface area contributed by atoms with Gasteiger partial charge in [-0.1, -0.05) is 42.5 Å². The van der Waals surface area contributed by atoms with Gasteiger partial charge in [0.05, 0.1) is 16.6 Å². The number of benzene rings is 3. The second-order valence-corrected chi connectivity index (χ2v) is 6.61. The standard InChI is InChI=1S/C24H18FN3O/c1-28-23-12-5-4-11-22(23)27-24(28)19(15-26)13-17-7-6-9-20(14-17)29-16-18-8-2-3-10-21(18)25/h2-14H,16H2,1H3/b19-13+. The highest BCUT2D eigenvalue weighted by Gasteiger charge is 2.12. The van der Waals surface area contributed by atoms with E-state index in [4.69, 9.17) is 4.74 Å². The van der Waals surface area contributed by atoms with E-state index in [1.165, 1.54) is 6.07 Å². The van der Waals surface area contributed by atoms with Crippen LogP contribution in [0.3, 0.4) is 0 Å². The Bertz CT molecular complexity index is 1250. The molecule has 0 aliphatic carbocycles. The molecule has 0 bridgehead atoms. The number of hydrogen-bond donors (Lipinski definition) is 0. The fourth-order valence-corrected chi connectivity index (χ4v) is 3.17. The highest BCUT2D eigenvalue weighted by atomic mass is 19.1. The number of para-hydroxylation sites is 2. The maximum atomic E-state index is 13.8. The predicted molar refractivity (Wildman–Crippen MR) is 111 cm³/mol. The zero-order chi connectivity index (χ0) is 20.2. The number of aryl methyl sites for hydroxylation is 1. The Kier molecular flexibility index (Phi) is 5.08. The Morgan fingerprint density at radius 2 is 1.90 bits per heavy atom. The highest BCUT2D eigenvalue weighted by Crippen LogP contribution is 2.24. The monoisotopic (exact) mass is 383 g/mol. The molecule has 29 heavy (non-hydrogen) atoms. The fraction of sp³-hybridized carbons (Fsp3) is 0.0833.